The van der Waals surface area contributed by atoms with Gasteiger partial charge in [-0.05, 0) is 60.7 Å². The maximum Gasteiger partial charge on any atom is 0.341 e. The van der Waals surface area contributed by atoms with Crippen molar-refractivity contribution in [3.63, 3.8) is 0 Å². The molecule has 0 unspecified atom stereocenters. The van der Waals surface area contributed by atoms with Crippen LogP contribution in [0.25, 0.3) is 17.2 Å². The predicted molar refractivity (Wildman–Crippen MR) is 154 cm³/mol. The van der Waals surface area contributed by atoms with Gasteiger partial charge in [-0.3, -0.25) is 4.79 Å². The van der Waals surface area contributed by atoms with E-state index in [9.17, 15) is 9.59 Å². The molecule has 0 spiro atoms. The van der Waals surface area contributed by atoms with Crippen LogP contribution in [0.15, 0.2) is 47.9 Å². The number of carbonyl (C=O) groups excluding carboxylic acids is 2. The minimum Gasteiger partial charge on any atom is -0.493 e. The van der Waals surface area contributed by atoms with Gasteiger partial charge in [0.15, 0.2) is 23.0 Å². The summed E-state index contributed by atoms with van der Waals surface area (Å²) in [4.78, 5) is 25.7. The summed E-state index contributed by atoms with van der Waals surface area (Å²) < 4.78 is 27.3. The monoisotopic (exact) mass is 553 g/mol. The second-order valence-corrected chi connectivity index (χ2v) is 9.79. The van der Waals surface area contributed by atoms with Crippen molar-refractivity contribution >= 4 is 34.3 Å². The Morgan fingerprint density at radius 3 is 2.31 bits per heavy atom. The molecule has 0 aliphatic carbocycles. The van der Waals surface area contributed by atoms with E-state index < -0.39 is 11.9 Å². The smallest absolute Gasteiger partial charge is 0.341 e. The number of nitrogens with one attached hydrogen (secondary N) is 1. The van der Waals surface area contributed by atoms with Crippen LogP contribution in [0.2, 0.25) is 0 Å². The normalized spacial score (nSPS) is 10.9. The van der Waals surface area contributed by atoms with Crippen LogP contribution in [0.4, 0.5) is 5.00 Å². The number of anilines is 1. The van der Waals surface area contributed by atoms with E-state index in [1.54, 1.807) is 57.9 Å². The summed E-state index contributed by atoms with van der Waals surface area (Å²) in [6.45, 7) is 6.81. The van der Waals surface area contributed by atoms with E-state index in [0.29, 0.717) is 46.1 Å². The topological polar surface area (TPSA) is 92.3 Å². The van der Waals surface area contributed by atoms with Gasteiger partial charge in [0, 0.05) is 17.0 Å². The number of benzene rings is 2. The van der Waals surface area contributed by atoms with Gasteiger partial charge in [0.1, 0.15) is 10.6 Å². The zero-order valence-electron chi connectivity index (χ0n) is 23.2. The lowest BCUT2D eigenvalue weighted by Crippen LogP contribution is -2.12. The van der Waals surface area contributed by atoms with Crippen LogP contribution in [-0.2, 0) is 9.53 Å². The number of amides is 1. The molecule has 8 nitrogen and oxygen atoms in total. The highest BCUT2D eigenvalue weighted by atomic mass is 32.1. The molecule has 1 N–H and O–H groups in total. The number of thiophene rings is 1. The Bertz CT molecular complexity index is 1310. The second-order valence-electron chi connectivity index (χ2n) is 8.91. The van der Waals surface area contributed by atoms with E-state index in [1.807, 2.05) is 18.2 Å². The number of rotatable bonds is 13. The lowest BCUT2D eigenvalue weighted by molar-refractivity contribution is -0.111. The Hall–Kier alpha value is -3.98. The molecule has 208 valence electrons. The molecule has 0 atom stereocenters. The van der Waals surface area contributed by atoms with Crippen molar-refractivity contribution in [2.75, 3.05) is 39.9 Å². The van der Waals surface area contributed by atoms with Gasteiger partial charge in [-0.2, -0.15) is 0 Å². The SMILES string of the molecule is CCOC(=O)c1c(-c2ccc(OC)c(OC)c2)csc1NC(=O)/C=C/c1ccc(OCCC(C)C)c(OC)c1. The van der Waals surface area contributed by atoms with E-state index in [-0.39, 0.29) is 12.2 Å². The third-order valence-corrected chi connectivity index (χ3v) is 6.66. The van der Waals surface area contributed by atoms with E-state index in [1.165, 1.54) is 17.4 Å². The standard InChI is InChI=1S/C30H35NO7S/c1-7-37-30(33)28-22(21-10-12-23(34-4)26(17-21)36-6)18-39-29(28)31-27(32)13-9-20-8-11-24(25(16-20)35-5)38-15-14-19(2)3/h8-13,16-19H,7,14-15H2,1-6H3,(H,31,32)/b13-9+. The van der Waals surface area contributed by atoms with E-state index >= 15 is 0 Å². The number of hydrogen-bond donors (Lipinski definition) is 1. The Morgan fingerprint density at radius 2 is 1.64 bits per heavy atom. The lowest BCUT2D eigenvalue weighted by Gasteiger charge is -2.12. The fraction of sp³-hybridized carbons (Fsp3) is 0.333. The lowest BCUT2D eigenvalue weighted by atomic mass is 10.0. The largest absolute Gasteiger partial charge is 0.493 e. The molecule has 1 aromatic heterocycles. The van der Waals surface area contributed by atoms with Crippen molar-refractivity contribution in [1.82, 2.24) is 0 Å². The van der Waals surface area contributed by atoms with Crippen LogP contribution in [0.3, 0.4) is 0 Å². The maximum atomic E-state index is 12.9. The average Bonchev–Trinajstić information content (AvgIpc) is 3.35. The molecule has 1 heterocycles. The number of carbonyl (C=O) groups is 2. The van der Waals surface area contributed by atoms with Crippen LogP contribution in [-0.4, -0.2) is 46.4 Å². The molecule has 1 amide bonds. The van der Waals surface area contributed by atoms with Gasteiger partial charge in [0.05, 0.1) is 34.5 Å². The molecule has 3 aromatic rings. The molecule has 0 bridgehead atoms. The molecule has 9 heteroatoms. The first kappa shape index (κ1) is 29.6. The van der Waals surface area contributed by atoms with Crippen molar-refractivity contribution in [2.45, 2.75) is 27.2 Å². The van der Waals surface area contributed by atoms with Crippen LogP contribution in [0, 0.1) is 5.92 Å². The molecular weight excluding hydrogens is 518 g/mol. The molecule has 0 saturated heterocycles. The van der Waals surface area contributed by atoms with Gasteiger partial charge in [-0.25, -0.2) is 4.79 Å². The minimum absolute atomic E-state index is 0.201. The summed E-state index contributed by atoms with van der Waals surface area (Å²) in [6, 6.07) is 10.8. The molecule has 2 aromatic carbocycles. The first-order valence-corrected chi connectivity index (χ1v) is 13.5. The molecule has 3 rings (SSSR count). The third kappa shape index (κ3) is 7.77. The Balaban J connectivity index is 1.81. The van der Waals surface area contributed by atoms with Crippen LogP contribution >= 0.6 is 11.3 Å². The van der Waals surface area contributed by atoms with Gasteiger partial charge in [-0.15, -0.1) is 11.3 Å². The summed E-state index contributed by atoms with van der Waals surface area (Å²) in [5, 5.41) is 5.01. The fourth-order valence-corrected chi connectivity index (χ4v) is 4.67. The number of methoxy groups -OCH3 is 3. The summed E-state index contributed by atoms with van der Waals surface area (Å²) in [6.07, 6.45) is 4.01. The zero-order valence-corrected chi connectivity index (χ0v) is 24.0. The van der Waals surface area contributed by atoms with Crippen molar-refractivity contribution in [2.24, 2.45) is 5.92 Å². The molecule has 0 fully saturated rings. The molecule has 0 aliphatic rings. The Labute approximate surface area is 233 Å². The highest BCUT2D eigenvalue weighted by Crippen LogP contribution is 2.39. The van der Waals surface area contributed by atoms with Gasteiger partial charge in [0.25, 0.3) is 0 Å². The molecular formula is C30H35NO7S. The number of hydrogen-bond acceptors (Lipinski definition) is 8. The predicted octanol–water partition coefficient (Wildman–Crippen LogP) is 6.69. The quantitative estimate of drug-likeness (QED) is 0.186. The molecule has 0 aliphatic heterocycles. The zero-order chi connectivity index (χ0) is 28.4. The van der Waals surface area contributed by atoms with Crippen LogP contribution in [0.1, 0.15) is 43.1 Å². The van der Waals surface area contributed by atoms with Gasteiger partial charge in [0.2, 0.25) is 5.91 Å². The molecule has 0 radical (unpaired) electrons. The first-order chi connectivity index (χ1) is 18.8. The second kappa shape index (κ2) is 14.2. The van der Waals surface area contributed by atoms with E-state index in [0.717, 1.165) is 17.5 Å². The van der Waals surface area contributed by atoms with Gasteiger partial charge in [-0.1, -0.05) is 26.0 Å². The summed E-state index contributed by atoms with van der Waals surface area (Å²) in [5.41, 5.74) is 2.39. The maximum absolute atomic E-state index is 12.9. The number of esters is 1. The van der Waals surface area contributed by atoms with Crippen LogP contribution < -0.4 is 24.3 Å². The van der Waals surface area contributed by atoms with Crippen molar-refractivity contribution in [3.05, 3.63) is 59.0 Å². The van der Waals surface area contributed by atoms with Crippen LogP contribution in [0.5, 0.6) is 23.0 Å². The average molecular weight is 554 g/mol. The number of ether oxygens (including phenoxy) is 5. The highest BCUT2D eigenvalue weighted by Gasteiger charge is 2.23. The van der Waals surface area contributed by atoms with Crippen molar-refractivity contribution in [3.8, 4) is 34.1 Å². The van der Waals surface area contributed by atoms with Crippen molar-refractivity contribution < 1.29 is 33.3 Å². The van der Waals surface area contributed by atoms with E-state index in [4.69, 9.17) is 23.7 Å². The minimum atomic E-state index is -0.527. The summed E-state index contributed by atoms with van der Waals surface area (Å²) >= 11 is 1.24. The summed E-state index contributed by atoms with van der Waals surface area (Å²) in [5.74, 6) is 1.96. The fourth-order valence-electron chi connectivity index (χ4n) is 3.71. The first-order valence-electron chi connectivity index (χ1n) is 12.6. The van der Waals surface area contributed by atoms with Gasteiger partial charge < -0.3 is 29.0 Å². The Kier molecular flexibility index (Phi) is 10.8. The Morgan fingerprint density at radius 1 is 0.949 bits per heavy atom. The van der Waals surface area contributed by atoms with Gasteiger partial charge >= 0.3 is 5.97 Å². The van der Waals surface area contributed by atoms with E-state index in [2.05, 4.69) is 19.2 Å². The highest BCUT2D eigenvalue weighted by molar-refractivity contribution is 7.15. The third-order valence-electron chi connectivity index (χ3n) is 5.77. The molecule has 39 heavy (non-hydrogen) atoms. The van der Waals surface area contributed by atoms with Crippen molar-refractivity contribution in [1.29, 1.82) is 0 Å². The summed E-state index contributed by atoms with van der Waals surface area (Å²) in [7, 11) is 4.68. The molecule has 0 saturated carbocycles.